The van der Waals surface area contributed by atoms with Crippen LogP contribution in [0.2, 0.25) is 0 Å². The Morgan fingerprint density at radius 3 is 3.08 bits per heavy atom. The molecule has 1 amide bonds. The average molecular weight is 178 g/mol. The summed E-state index contributed by atoms with van der Waals surface area (Å²) in [4.78, 5) is 11.1. The van der Waals surface area contributed by atoms with E-state index in [0.717, 1.165) is 11.4 Å². The van der Waals surface area contributed by atoms with Crippen molar-refractivity contribution in [2.45, 2.75) is 0 Å². The highest BCUT2D eigenvalue weighted by molar-refractivity contribution is 6.02. The van der Waals surface area contributed by atoms with Gasteiger partial charge < -0.3 is 15.4 Å². The molecule has 4 heteroatoms. The number of benzene rings is 1. The number of carbonyl (C=O) groups is 1. The molecule has 2 N–H and O–H groups in total. The first-order chi connectivity index (χ1) is 6.31. The highest BCUT2D eigenvalue weighted by atomic mass is 16.5. The van der Waals surface area contributed by atoms with Crippen molar-refractivity contribution >= 4 is 17.3 Å². The number of para-hydroxylation sites is 1. The number of rotatable bonds is 1. The molecule has 0 bridgehead atoms. The summed E-state index contributed by atoms with van der Waals surface area (Å²) < 4.78 is 5.11. The molecule has 0 atom stereocenters. The van der Waals surface area contributed by atoms with Crippen molar-refractivity contribution in [3.05, 3.63) is 18.2 Å². The van der Waals surface area contributed by atoms with Crippen molar-refractivity contribution < 1.29 is 9.53 Å². The van der Waals surface area contributed by atoms with Crippen LogP contribution >= 0.6 is 0 Å². The summed E-state index contributed by atoms with van der Waals surface area (Å²) in [5, 5.41) is 5.75. The molecule has 0 unspecified atom stereocenters. The van der Waals surface area contributed by atoms with Gasteiger partial charge >= 0.3 is 0 Å². The molecule has 1 aliphatic rings. The second-order valence-corrected chi connectivity index (χ2v) is 2.78. The van der Waals surface area contributed by atoms with E-state index >= 15 is 0 Å². The Kier molecular flexibility index (Phi) is 1.81. The number of nitrogens with one attached hydrogen (secondary N) is 2. The normalized spacial score (nSPS) is 14.1. The van der Waals surface area contributed by atoms with E-state index < -0.39 is 0 Å². The molecule has 68 valence electrons. The van der Waals surface area contributed by atoms with E-state index in [-0.39, 0.29) is 5.91 Å². The van der Waals surface area contributed by atoms with Crippen molar-refractivity contribution in [3.8, 4) is 5.75 Å². The molecule has 4 nitrogen and oxygen atoms in total. The first kappa shape index (κ1) is 7.91. The fourth-order valence-corrected chi connectivity index (χ4v) is 1.34. The van der Waals surface area contributed by atoms with Crippen LogP contribution in [0.4, 0.5) is 11.4 Å². The molecule has 0 saturated carbocycles. The number of carbonyl (C=O) groups excluding carboxylic acids is 1. The zero-order valence-corrected chi connectivity index (χ0v) is 7.26. The first-order valence-corrected chi connectivity index (χ1v) is 4.02. The number of methoxy groups -OCH3 is 1. The van der Waals surface area contributed by atoms with Gasteiger partial charge in [-0.1, -0.05) is 6.07 Å². The quantitative estimate of drug-likeness (QED) is 0.676. The molecule has 0 aliphatic carbocycles. The standard InChI is InChI=1S/C9H10N2O2/c1-13-7-4-2-3-6-9(7)11-8(12)5-10-6/h2-4,10H,5H2,1H3,(H,11,12). The number of hydrogen-bond donors (Lipinski definition) is 2. The van der Waals surface area contributed by atoms with Gasteiger partial charge in [0.1, 0.15) is 11.4 Å². The van der Waals surface area contributed by atoms with Gasteiger partial charge in [-0.2, -0.15) is 0 Å². The van der Waals surface area contributed by atoms with Crippen molar-refractivity contribution in [1.82, 2.24) is 0 Å². The van der Waals surface area contributed by atoms with Gasteiger partial charge in [0.15, 0.2) is 0 Å². The molecule has 0 spiro atoms. The fourth-order valence-electron chi connectivity index (χ4n) is 1.34. The molecular weight excluding hydrogens is 168 g/mol. The van der Waals surface area contributed by atoms with Crippen LogP contribution in [0.5, 0.6) is 5.75 Å². The predicted molar refractivity (Wildman–Crippen MR) is 50.1 cm³/mol. The third kappa shape index (κ3) is 1.30. The first-order valence-electron chi connectivity index (χ1n) is 4.02. The average Bonchev–Trinajstić information content (AvgIpc) is 2.17. The van der Waals surface area contributed by atoms with E-state index in [9.17, 15) is 4.79 Å². The number of fused-ring (bicyclic) bond motifs is 1. The van der Waals surface area contributed by atoms with E-state index in [0.29, 0.717) is 12.3 Å². The lowest BCUT2D eigenvalue weighted by molar-refractivity contribution is -0.114. The van der Waals surface area contributed by atoms with Gasteiger partial charge in [-0.05, 0) is 12.1 Å². The third-order valence-electron chi connectivity index (χ3n) is 1.95. The molecule has 1 heterocycles. The summed E-state index contributed by atoms with van der Waals surface area (Å²) in [7, 11) is 1.58. The van der Waals surface area contributed by atoms with E-state index in [1.54, 1.807) is 7.11 Å². The van der Waals surface area contributed by atoms with E-state index in [4.69, 9.17) is 4.74 Å². The van der Waals surface area contributed by atoms with Gasteiger partial charge in [-0.25, -0.2) is 0 Å². The second kappa shape index (κ2) is 2.97. The van der Waals surface area contributed by atoms with Gasteiger partial charge in [0.2, 0.25) is 5.91 Å². The zero-order chi connectivity index (χ0) is 9.26. The molecule has 1 aromatic rings. The van der Waals surface area contributed by atoms with Crippen molar-refractivity contribution in [3.63, 3.8) is 0 Å². The predicted octanol–water partition coefficient (Wildman–Crippen LogP) is 1.06. The van der Waals surface area contributed by atoms with Crippen molar-refractivity contribution in [1.29, 1.82) is 0 Å². The molecule has 0 aromatic heterocycles. The lowest BCUT2D eigenvalue weighted by atomic mass is 10.2. The van der Waals surface area contributed by atoms with Gasteiger partial charge in [0, 0.05) is 0 Å². The third-order valence-corrected chi connectivity index (χ3v) is 1.95. The van der Waals surface area contributed by atoms with Crippen LogP contribution < -0.4 is 15.4 Å². The topological polar surface area (TPSA) is 50.4 Å². The lowest BCUT2D eigenvalue weighted by Crippen LogP contribution is -2.27. The monoisotopic (exact) mass is 178 g/mol. The van der Waals surface area contributed by atoms with Gasteiger partial charge in [0.05, 0.1) is 19.3 Å². The van der Waals surface area contributed by atoms with Crippen LogP contribution in [0.3, 0.4) is 0 Å². The SMILES string of the molecule is COc1cccc2c1NC(=O)CN2. The molecule has 1 aromatic carbocycles. The summed E-state index contributed by atoms with van der Waals surface area (Å²) in [5.74, 6) is 0.634. The van der Waals surface area contributed by atoms with Crippen LogP contribution in [-0.4, -0.2) is 19.6 Å². The Morgan fingerprint density at radius 2 is 2.31 bits per heavy atom. The number of hydrogen-bond acceptors (Lipinski definition) is 3. The van der Waals surface area contributed by atoms with E-state index in [1.165, 1.54) is 0 Å². The van der Waals surface area contributed by atoms with Gasteiger partial charge in [-0.3, -0.25) is 4.79 Å². The molecule has 0 fully saturated rings. The van der Waals surface area contributed by atoms with Crippen molar-refractivity contribution in [2.75, 3.05) is 24.3 Å². The van der Waals surface area contributed by atoms with E-state index in [2.05, 4.69) is 10.6 Å². The smallest absolute Gasteiger partial charge is 0.243 e. The van der Waals surface area contributed by atoms with Crippen LogP contribution in [0.25, 0.3) is 0 Å². The van der Waals surface area contributed by atoms with Crippen molar-refractivity contribution in [2.24, 2.45) is 0 Å². The number of anilines is 2. The Labute approximate surface area is 75.9 Å². The molecule has 13 heavy (non-hydrogen) atoms. The van der Waals surface area contributed by atoms with Gasteiger partial charge in [-0.15, -0.1) is 0 Å². The highest BCUT2D eigenvalue weighted by Gasteiger charge is 2.16. The molecular formula is C9H10N2O2. The van der Waals surface area contributed by atoms with Crippen LogP contribution in [0, 0.1) is 0 Å². The minimum Gasteiger partial charge on any atom is -0.494 e. The summed E-state index contributed by atoms with van der Waals surface area (Å²) >= 11 is 0. The zero-order valence-electron chi connectivity index (χ0n) is 7.26. The number of amides is 1. The maximum atomic E-state index is 11.1. The van der Waals surface area contributed by atoms with E-state index in [1.807, 2.05) is 18.2 Å². The summed E-state index contributed by atoms with van der Waals surface area (Å²) in [6, 6.07) is 5.59. The van der Waals surface area contributed by atoms with Crippen LogP contribution in [-0.2, 0) is 4.79 Å². The Hall–Kier alpha value is -1.71. The minimum absolute atomic E-state index is 0.0444. The number of ether oxygens (including phenoxy) is 1. The summed E-state index contributed by atoms with van der Waals surface area (Å²) in [6.45, 7) is 0.320. The maximum absolute atomic E-state index is 11.1. The Balaban J connectivity index is 2.46. The maximum Gasteiger partial charge on any atom is 0.243 e. The fraction of sp³-hybridized carbons (Fsp3) is 0.222. The van der Waals surface area contributed by atoms with Crippen LogP contribution in [0.15, 0.2) is 18.2 Å². The molecule has 0 saturated heterocycles. The molecule has 2 rings (SSSR count). The summed E-state index contributed by atoms with van der Waals surface area (Å²) in [6.07, 6.45) is 0. The second-order valence-electron chi connectivity index (χ2n) is 2.78. The van der Waals surface area contributed by atoms with Crippen LogP contribution in [0.1, 0.15) is 0 Å². The lowest BCUT2D eigenvalue weighted by Gasteiger charge is -2.20. The summed E-state index contributed by atoms with van der Waals surface area (Å²) in [5.41, 5.74) is 1.63. The molecule has 0 radical (unpaired) electrons. The Morgan fingerprint density at radius 1 is 1.46 bits per heavy atom. The Bertz CT molecular complexity index is 335. The minimum atomic E-state index is -0.0444. The van der Waals surface area contributed by atoms with Gasteiger partial charge in [0.25, 0.3) is 0 Å². The molecule has 1 aliphatic heterocycles. The highest BCUT2D eigenvalue weighted by Crippen LogP contribution is 2.33. The largest absolute Gasteiger partial charge is 0.494 e.